The van der Waals surface area contributed by atoms with E-state index in [-0.39, 0.29) is 18.4 Å². The molecule has 2 amide bonds. The second kappa shape index (κ2) is 14.3. The molecule has 184 valence electrons. The molecule has 3 rings (SSSR count). The first kappa shape index (κ1) is 25.6. The van der Waals surface area contributed by atoms with Gasteiger partial charge in [0.15, 0.2) is 0 Å². The van der Waals surface area contributed by atoms with E-state index >= 15 is 0 Å². The molecular formula is C28H39N3O3. The third-order valence-corrected chi connectivity index (χ3v) is 6.13. The molecule has 0 bridgehead atoms. The summed E-state index contributed by atoms with van der Waals surface area (Å²) in [6.07, 6.45) is 10.6. The Morgan fingerprint density at radius 1 is 0.824 bits per heavy atom. The molecule has 2 aromatic rings. The third-order valence-electron chi connectivity index (χ3n) is 6.13. The molecule has 6 nitrogen and oxygen atoms in total. The lowest BCUT2D eigenvalue weighted by Crippen LogP contribution is -2.31. The zero-order valence-electron chi connectivity index (χ0n) is 20.5. The van der Waals surface area contributed by atoms with Crippen LogP contribution in [0.1, 0.15) is 75.1 Å². The summed E-state index contributed by atoms with van der Waals surface area (Å²) in [6.45, 7) is 4.76. The van der Waals surface area contributed by atoms with Crippen LogP contribution in [0.5, 0.6) is 5.75 Å². The number of amides is 2. The molecule has 0 atom stereocenters. The van der Waals surface area contributed by atoms with Gasteiger partial charge in [-0.2, -0.15) is 0 Å². The Morgan fingerprint density at radius 2 is 1.47 bits per heavy atom. The van der Waals surface area contributed by atoms with Crippen molar-refractivity contribution in [1.29, 1.82) is 0 Å². The summed E-state index contributed by atoms with van der Waals surface area (Å²) < 4.78 is 5.77. The molecule has 1 aliphatic heterocycles. The molecule has 1 heterocycles. The summed E-state index contributed by atoms with van der Waals surface area (Å²) in [7, 11) is 0. The highest BCUT2D eigenvalue weighted by Crippen LogP contribution is 2.18. The molecule has 6 heteroatoms. The van der Waals surface area contributed by atoms with E-state index < -0.39 is 0 Å². The van der Waals surface area contributed by atoms with Gasteiger partial charge in [0.2, 0.25) is 5.91 Å². The molecule has 0 aromatic heterocycles. The molecule has 2 N–H and O–H groups in total. The van der Waals surface area contributed by atoms with Gasteiger partial charge < -0.3 is 20.3 Å². The van der Waals surface area contributed by atoms with E-state index in [9.17, 15) is 9.59 Å². The van der Waals surface area contributed by atoms with Crippen LogP contribution in [0.15, 0.2) is 48.5 Å². The van der Waals surface area contributed by atoms with Crippen LogP contribution >= 0.6 is 0 Å². The van der Waals surface area contributed by atoms with Crippen molar-refractivity contribution in [2.75, 3.05) is 36.9 Å². The van der Waals surface area contributed by atoms with Gasteiger partial charge in [-0.05, 0) is 67.8 Å². The van der Waals surface area contributed by atoms with Gasteiger partial charge in [-0.15, -0.1) is 0 Å². The first-order chi connectivity index (χ1) is 16.7. The number of anilines is 2. The van der Waals surface area contributed by atoms with Crippen molar-refractivity contribution in [1.82, 2.24) is 4.90 Å². The first-order valence-electron chi connectivity index (χ1n) is 12.8. The third kappa shape index (κ3) is 8.73. The Bertz CT molecular complexity index is 873. The van der Waals surface area contributed by atoms with Crippen molar-refractivity contribution in [2.45, 2.75) is 64.7 Å². The normalized spacial score (nSPS) is 13.7. The van der Waals surface area contributed by atoms with Gasteiger partial charge in [-0.25, -0.2) is 0 Å². The molecule has 1 aliphatic rings. The van der Waals surface area contributed by atoms with Crippen molar-refractivity contribution in [3.8, 4) is 5.75 Å². The number of carbonyl (C=O) groups excluding carboxylic acids is 2. The van der Waals surface area contributed by atoms with E-state index in [1.807, 2.05) is 53.4 Å². The molecule has 1 saturated heterocycles. The first-order valence-corrected chi connectivity index (χ1v) is 12.8. The van der Waals surface area contributed by atoms with Crippen molar-refractivity contribution in [3.05, 3.63) is 54.1 Å². The summed E-state index contributed by atoms with van der Waals surface area (Å²) in [5.74, 6) is 0.783. The van der Waals surface area contributed by atoms with Crippen LogP contribution in [-0.2, 0) is 4.79 Å². The quantitative estimate of drug-likeness (QED) is 0.372. The largest absolute Gasteiger partial charge is 0.494 e. The fourth-order valence-electron chi connectivity index (χ4n) is 4.10. The van der Waals surface area contributed by atoms with Crippen LogP contribution in [0, 0.1) is 0 Å². The van der Waals surface area contributed by atoms with E-state index in [1.165, 1.54) is 38.5 Å². The minimum absolute atomic E-state index is 0.0927. The van der Waals surface area contributed by atoms with Crippen LogP contribution in [0.25, 0.3) is 0 Å². The smallest absolute Gasteiger partial charge is 0.253 e. The van der Waals surface area contributed by atoms with Crippen molar-refractivity contribution < 1.29 is 14.3 Å². The molecule has 0 radical (unpaired) electrons. The zero-order chi connectivity index (χ0) is 24.0. The maximum atomic E-state index is 12.7. The lowest BCUT2D eigenvalue weighted by atomic mass is 10.1. The fourth-order valence-corrected chi connectivity index (χ4v) is 4.10. The van der Waals surface area contributed by atoms with Crippen LogP contribution in [0.3, 0.4) is 0 Å². The summed E-state index contributed by atoms with van der Waals surface area (Å²) in [4.78, 5) is 27.0. The van der Waals surface area contributed by atoms with Gasteiger partial charge in [0, 0.05) is 30.0 Å². The molecule has 34 heavy (non-hydrogen) atoms. The molecule has 0 spiro atoms. The van der Waals surface area contributed by atoms with Gasteiger partial charge in [0.1, 0.15) is 5.75 Å². The minimum Gasteiger partial charge on any atom is -0.494 e. The number of hydrogen-bond acceptors (Lipinski definition) is 4. The predicted molar refractivity (Wildman–Crippen MR) is 139 cm³/mol. The van der Waals surface area contributed by atoms with E-state index in [4.69, 9.17) is 4.74 Å². The van der Waals surface area contributed by atoms with Gasteiger partial charge in [-0.1, -0.05) is 45.4 Å². The fraction of sp³-hybridized carbons (Fsp3) is 0.500. The molecule has 0 unspecified atom stereocenters. The standard InChI is InChI=1S/C28H39N3O3/c1-2-3-4-7-10-21-34-26-17-15-25(16-18-26)30-27(32)22-29-24-13-11-23(12-14-24)28(33)31-19-8-5-6-9-20-31/h11-18,29H,2-10,19-22H2,1H3,(H,30,32). The van der Waals surface area contributed by atoms with Gasteiger partial charge in [-0.3, -0.25) is 9.59 Å². The monoisotopic (exact) mass is 465 g/mol. The minimum atomic E-state index is -0.130. The lowest BCUT2D eigenvalue weighted by molar-refractivity contribution is -0.114. The maximum absolute atomic E-state index is 12.7. The Kier molecular flexibility index (Phi) is 10.8. The maximum Gasteiger partial charge on any atom is 0.253 e. The van der Waals surface area contributed by atoms with E-state index in [2.05, 4.69) is 17.6 Å². The molecule has 2 aromatic carbocycles. The number of nitrogens with zero attached hydrogens (tertiary/aromatic N) is 1. The van der Waals surface area contributed by atoms with Gasteiger partial charge >= 0.3 is 0 Å². The van der Waals surface area contributed by atoms with E-state index in [0.717, 1.165) is 56.1 Å². The summed E-state index contributed by atoms with van der Waals surface area (Å²) in [6, 6.07) is 14.8. The number of benzene rings is 2. The number of likely N-dealkylation sites (tertiary alicyclic amines) is 1. The number of carbonyl (C=O) groups is 2. The number of rotatable bonds is 12. The van der Waals surface area contributed by atoms with Gasteiger partial charge in [0.25, 0.3) is 5.91 Å². The Labute approximate surface area is 204 Å². The summed E-state index contributed by atoms with van der Waals surface area (Å²) >= 11 is 0. The average Bonchev–Trinajstić information content (AvgIpc) is 3.15. The molecule has 0 aliphatic carbocycles. The summed E-state index contributed by atoms with van der Waals surface area (Å²) in [5.41, 5.74) is 2.24. The number of unbranched alkanes of at least 4 members (excludes halogenated alkanes) is 4. The Morgan fingerprint density at radius 3 is 2.15 bits per heavy atom. The van der Waals surface area contributed by atoms with Crippen LogP contribution in [-0.4, -0.2) is 43.0 Å². The molecular weight excluding hydrogens is 426 g/mol. The van der Waals surface area contributed by atoms with Gasteiger partial charge in [0.05, 0.1) is 13.2 Å². The highest BCUT2D eigenvalue weighted by atomic mass is 16.5. The number of nitrogens with one attached hydrogen (secondary N) is 2. The van der Waals surface area contributed by atoms with E-state index in [1.54, 1.807) is 0 Å². The Hall–Kier alpha value is -3.02. The van der Waals surface area contributed by atoms with Crippen LogP contribution in [0.2, 0.25) is 0 Å². The lowest BCUT2D eigenvalue weighted by Gasteiger charge is -2.20. The second-order valence-corrected chi connectivity index (χ2v) is 8.97. The highest BCUT2D eigenvalue weighted by Gasteiger charge is 2.17. The molecule has 0 saturated carbocycles. The SMILES string of the molecule is CCCCCCCOc1ccc(NC(=O)CNc2ccc(C(=O)N3CCCCCC3)cc2)cc1. The Balaban J connectivity index is 1.37. The van der Waals surface area contributed by atoms with Crippen LogP contribution < -0.4 is 15.4 Å². The predicted octanol–water partition coefficient (Wildman–Crippen LogP) is 6.10. The topological polar surface area (TPSA) is 70.7 Å². The number of hydrogen-bond donors (Lipinski definition) is 2. The zero-order valence-corrected chi connectivity index (χ0v) is 20.5. The van der Waals surface area contributed by atoms with Crippen molar-refractivity contribution in [2.24, 2.45) is 0 Å². The number of ether oxygens (including phenoxy) is 1. The van der Waals surface area contributed by atoms with Crippen LogP contribution in [0.4, 0.5) is 11.4 Å². The highest BCUT2D eigenvalue weighted by molar-refractivity contribution is 5.95. The van der Waals surface area contributed by atoms with E-state index in [0.29, 0.717) is 5.56 Å². The van der Waals surface area contributed by atoms with Crippen molar-refractivity contribution in [3.63, 3.8) is 0 Å². The average molecular weight is 466 g/mol. The molecule has 1 fully saturated rings. The van der Waals surface area contributed by atoms with Crippen molar-refractivity contribution >= 4 is 23.2 Å². The second-order valence-electron chi connectivity index (χ2n) is 8.97. The summed E-state index contributed by atoms with van der Waals surface area (Å²) in [5, 5.41) is 6.01.